The first-order chi connectivity index (χ1) is 19.8. The van der Waals surface area contributed by atoms with Gasteiger partial charge in [-0.25, -0.2) is 9.97 Å². The van der Waals surface area contributed by atoms with E-state index >= 15 is 0 Å². The van der Waals surface area contributed by atoms with Crippen molar-refractivity contribution in [1.82, 2.24) is 19.9 Å². The molecule has 0 radical (unpaired) electrons. The van der Waals surface area contributed by atoms with E-state index in [2.05, 4.69) is 128 Å². The maximum atomic E-state index is 5.20. The number of imidazole rings is 2. The molecule has 0 aliphatic carbocycles. The van der Waals surface area contributed by atoms with E-state index < -0.39 is 0 Å². The molecular formula is C39H74N4. The number of aromatic amines is 2. The third kappa shape index (κ3) is 9.70. The van der Waals surface area contributed by atoms with Crippen molar-refractivity contribution >= 4 is 0 Å². The zero-order chi connectivity index (χ0) is 33.4. The van der Waals surface area contributed by atoms with Gasteiger partial charge in [-0.05, 0) is 50.4 Å². The number of aromatic nitrogens is 4. The second-order valence-electron chi connectivity index (χ2n) is 16.2. The fraction of sp³-hybridized carbons (Fsp3) is 0.846. The molecule has 0 aliphatic rings. The van der Waals surface area contributed by atoms with Gasteiger partial charge in [0, 0.05) is 39.0 Å². The van der Waals surface area contributed by atoms with Crippen LogP contribution in [0.1, 0.15) is 222 Å². The van der Waals surface area contributed by atoms with Gasteiger partial charge in [-0.2, -0.15) is 0 Å². The van der Waals surface area contributed by atoms with Crippen molar-refractivity contribution in [3.63, 3.8) is 0 Å². The molecule has 1 unspecified atom stereocenters. The Morgan fingerprint density at radius 1 is 0.581 bits per heavy atom. The lowest BCUT2D eigenvalue weighted by Gasteiger charge is -2.27. The summed E-state index contributed by atoms with van der Waals surface area (Å²) in [6, 6.07) is 0. The summed E-state index contributed by atoms with van der Waals surface area (Å²) >= 11 is 0. The minimum atomic E-state index is 0.113. The van der Waals surface area contributed by atoms with Gasteiger partial charge in [0.25, 0.3) is 0 Å². The molecule has 0 aliphatic heterocycles. The first-order valence-corrected chi connectivity index (χ1v) is 18.0. The van der Waals surface area contributed by atoms with Crippen LogP contribution in [0, 0.1) is 5.92 Å². The highest BCUT2D eigenvalue weighted by Gasteiger charge is 2.35. The highest BCUT2D eigenvalue weighted by molar-refractivity contribution is 5.30. The van der Waals surface area contributed by atoms with Crippen molar-refractivity contribution in [3.8, 4) is 0 Å². The maximum Gasteiger partial charge on any atom is 0.112 e. The van der Waals surface area contributed by atoms with Gasteiger partial charge in [0.15, 0.2) is 0 Å². The molecule has 250 valence electrons. The maximum absolute atomic E-state index is 5.20. The van der Waals surface area contributed by atoms with Gasteiger partial charge in [-0.15, -0.1) is 0 Å². The minimum Gasteiger partial charge on any atom is -0.345 e. The van der Waals surface area contributed by atoms with Crippen LogP contribution in [0.3, 0.4) is 0 Å². The molecule has 2 aromatic rings. The molecule has 0 fully saturated rings. The SMILES string of the molecule is CCC(C)(C)c1nc(C(C)(CC)CC)c(C(C)C)[nH]1.CCCCCC(C)(C)c1nc(C(C)(C)CC)[nH]c1C(CC)C(C)C. The number of nitrogens with one attached hydrogen (secondary N) is 2. The zero-order valence-electron chi connectivity index (χ0n) is 32.0. The monoisotopic (exact) mass is 599 g/mol. The fourth-order valence-corrected chi connectivity index (χ4v) is 5.94. The molecule has 4 heteroatoms. The Balaban J connectivity index is 0.000000442. The predicted octanol–water partition coefficient (Wildman–Crippen LogP) is 12.4. The average Bonchev–Trinajstić information content (AvgIpc) is 3.61. The van der Waals surface area contributed by atoms with Gasteiger partial charge < -0.3 is 9.97 Å². The van der Waals surface area contributed by atoms with Crippen molar-refractivity contribution in [3.05, 3.63) is 34.4 Å². The molecule has 2 heterocycles. The molecular weight excluding hydrogens is 524 g/mol. The average molecular weight is 599 g/mol. The van der Waals surface area contributed by atoms with Gasteiger partial charge in [-0.1, -0.05) is 137 Å². The molecule has 0 saturated carbocycles. The van der Waals surface area contributed by atoms with Crippen molar-refractivity contribution in [2.45, 2.75) is 209 Å². The summed E-state index contributed by atoms with van der Waals surface area (Å²) in [5.74, 6) is 4.04. The van der Waals surface area contributed by atoms with Gasteiger partial charge in [-0.3, -0.25) is 0 Å². The van der Waals surface area contributed by atoms with E-state index in [1.165, 1.54) is 60.7 Å². The van der Waals surface area contributed by atoms with Gasteiger partial charge in [0.05, 0.1) is 11.4 Å². The van der Waals surface area contributed by atoms with Crippen molar-refractivity contribution < 1.29 is 0 Å². The molecule has 4 nitrogen and oxygen atoms in total. The first-order valence-electron chi connectivity index (χ1n) is 18.0. The number of nitrogens with zero attached hydrogens (tertiary/aromatic N) is 2. The van der Waals surface area contributed by atoms with Crippen LogP contribution in [0.25, 0.3) is 0 Å². The Hall–Kier alpha value is -1.58. The summed E-state index contributed by atoms with van der Waals surface area (Å²) in [5.41, 5.74) is 5.95. The highest BCUT2D eigenvalue weighted by atomic mass is 15.0. The Kier molecular flexibility index (Phi) is 14.8. The normalized spacial score (nSPS) is 13.9. The Bertz CT molecular complexity index is 1070. The van der Waals surface area contributed by atoms with E-state index in [0.29, 0.717) is 17.8 Å². The molecule has 2 rings (SSSR count). The lowest BCUT2D eigenvalue weighted by molar-refractivity contribution is 0.415. The van der Waals surface area contributed by atoms with E-state index in [4.69, 9.17) is 9.97 Å². The van der Waals surface area contributed by atoms with Crippen LogP contribution in [0.5, 0.6) is 0 Å². The highest BCUT2D eigenvalue weighted by Crippen LogP contribution is 2.40. The molecule has 2 N–H and O–H groups in total. The van der Waals surface area contributed by atoms with Crippen LogP contribution in [0.15, 0.2) is 0 Å². The van der Waals surface area contributed by atoms with Crippen LogP contribution in [-0.4, -0.2) is 19.9 Å². The number of hydrogen-bond donors (Lipinski definition) is 2. The third-order valence-corrected chi connectivity index (χ3v) is 10.9. The molecule has 0 amide bonds. The van der Waals surface area contributed by atoms with E-state index in [9.17, 15) is 0 Å². The van der Waals surface area contributed by atoms with E-state index in [1.54, 1.807) is 0 Å². The molecule has 0 saturated heterocycles. The Labute approximate surface area is 268 Å². The summed E-state index contributed by atoms with van der Waals surface area (Å²) in [6.45, 7) is 39.1. The number of rotatable bonds is 16. The van der Waals surface area contributed by atoms with Crippen LogP contribution in [-0.2, 0) is 21.7 Å². The second-order valence-corrected chi connectivity index (χ2v) is 16.2. The first kappa shape index (κ1) is 39.4. The molecule has 43 heavy (non-hydrogen) atoms. The summed E-state index contributed by atoms with van der Waals surface area (Å²) in [6.07, 6.45) is 10.8. The smallest absolute Gasteiger partial charge is 0.112 e. The van der Waals surface area contributed by atoms with Crippen LogP contribution < -0.4 is 0 Å². The summed E-state index contributed by atoms with van der Waals surface area (Å²) < 4.78 is 0. The minimum absolute atomic E-state index is 0.113. The molecule has 1 atom stereocenters. The molecule has 0 aromatic carbocycles. The van der Waals surface area contributed by atoms with Gasteiger partial charge in [0.2, 0.25) is 0 Å². The van der Waals surface area contributed by atoms with Crippen molar-refractivity contribution in [2.75, 3.05) is 0 Å². The van der Waals surface area contributed by atoms with E-state index in [-0.39, 0.29) is 21.7 Å². The Morgan fingerprint density at radius 3 is 1.42 bits per heavy atom. The number of hydrogen-bond acceptors (Lipinski definition) is 2. The van der Waals surface area contributed by atoms with Crippen molar-refractivity contribution in [2.24, 2.45) is 5.92 Å². The lowest BCUT2D eigenvalue weighted by atomic mass is 9.78. The Morgan fingerprint density at radius 2 is 1.05 bits per heavy atom. The van der Waals surface area contributed by atoms with E-state index in [0.717, 1.165) is 31.5 Å². The molecule has 0 bridgehead atoms. The predicted molar refractivity (Wildman–Crippen MR) is 191 cm³/mol. The lowest BCUT2D eigenvalue weighted by Crippen LogP contribution is -2.23. The third-order valence-electron chi connectivity index (χ3n) is 10.9. The number of unbranched alkanes of at least 4 members (excludes halogenated alkanes) is 2. The van der Waals surface area contributed by atoms with Crippen LogP contribution >= 0.6 is 0 Å². The summed E-state index contributed by atoms with van der Waals surface area (Å²) in [4.78, 5) is 17.7. The molecule has 2 aromatic heterocycles. The quantitative estimate of drug-likeness (QED) is 0.189. The largest absolute Gasteiger partial charge is 0.345 e. The van der Waals surface area contributed by atoms with Gasteiger partial charge >= 0.3 is 0 Å². The second kappa shape index (κ2) is 16.1. The standard InChI is InChI=1S/C22H42N2.C17H32N2/c1-10-13-14-15-22(8,9)19-18(17(11-2)16(4)5)23-20(24-19)21(6,7)12-3;1-9-16(6,7)15-18-13(12(4)5)14(19-15)17(8,10-2)11-3/h16-17H,10-15H2,1-9H3,(H,23,24);12H,9-11H2,1-8H3,(H,18,19). The van der Waals surface area contributed by atoms with Crippen LogP contribution in [0.2, 0.25) is 0 Å². The molecule has 0 spiro atoms. The summed E-state index contributed by atoms with van der Waals surface area (Å²) in [7, 11) is 0. The fourth-order valence-electron chi connectivity index (χ4n) is 5.94. The number of H-pyrrole nitrogens is 2. The topological polar surface area (TPSA) is 57.4 Å². The van der Waals surface area contributed by atoms with Gasteiger partial charge in [0.1, 0.15) is 11.6 Å². The van der Waals surface area contributed by atoms with E-state index in [1.807, 2.05) is 0 Å². The zero-order valence-corrected chi connectivity index (χ0v) is 32.0. The van der Waals surface area contributed by atoms with Crippen LogP contribution in [0.4, 0.5) is 0 Å². The van der Waals surface area contributed by atoms with Crippen molar-refractivity contribution in [1.29, 1.82) is 0 Å². The summed E-state index contributed by atoms with van der Waals surface area (Å²) in [5, 5.41) is 0.